The molecule has 0 rings (SSSR count). The van der Waals surface area contributed by atoms with E-state index in [0.29, 0.717) is 0 Å². The maximum Gasteiger partial charge on any atom is 0.408 e. The number of carbonyl (C=O) groups excluding carboxylic acids is 2. The Labute approximate surface area is 119 Å². The fourth-order valence-corrected chi connectivity index (χ4v) is 1.22. The molecule has 0 aliphatic carbocycles. The first-order valence-corrected chi connectivity index (χ1v) is 6.37. The summed E-state index contributed by atoms with van der Waals surface area (Å²) in [6.07, 6.45) is -2.35. The predicted octanol–water partition coefficient (Wildman–Crippen LogP) is 0.575. The van der Waals surface area contributed by atoms with E-state index < -0.39 is 42.0 Å². The van der Waals surface area contributed by atoms with E-state index in [2.05, 4.69) is 5.32 Å². The second-order valence-corrected chi connectivity index (χ2v) is 6.41. The Morgan fingerprint density at radius 3 is 1.85 bits per heavy atom. The zero-order valence-corrected chi connectivity index (χ0v) is 12.9. The second kappa shape index (κ2) is 6.90. The Morgan fingerprint density at radius 2 is 1.50 bits per heavy atom. The van der Waals surface area contributed by atoms with Crippen molar-refractivity contribution < 1.29 is 29.3 Å². The van der Waals surface area contributed by atoms with Crippen LogP contribution in [0.2, 0.25) is 0 Å². The number of nitrogens with one attached hydrogen (secondary N) is 1. The third kappa shape index (κ3) is 7.96. The summed E-state index contributed by atoms with van der Waals surface area (Å²) in [4.78, 5) is 23.5. The minimum absolute atomic E-state index is 0.695. The van der Waals surface area contributed by atoms with E-state index in [9.17, 15) is 14.7 Å². The molecular formula is C13H25NO6. The Hall–Kier alpha value is -1.34. The van der Waals surface area contributed by atoms with E-state index in [4.69, 9.17) is 14.6 Å². The Balaban J connectivity index is 4.82. The normalized spacial score (nSPS) is 15.2. The molecule has 0 unspecified atom stereocenters. The van der Waals surface area contributed by atoms with Crippen LogP contribution in [0.25, 0.3) is 0 Å². The fraction of sp³-hybridized carbons (Fsp3) is 0.846. The Bertz CT molecular complexity index is 342. The van der Waals surface area contributed by atoms with Crippen LogP contribution in [0.15, 0.2) is 0 Å². The predicted molar refractivity (Wildman–Crippen MR) is 72.1 cm³/mol. The third-order valence-electron chi connectivity index (χ3n) is 1.90. The summed E-state index contributed by atoms with van der Waals surface area (Å²) in [5.41, 5.74) is -1.52. The van der Waals surface area contributed by atoms with Gasteiger partial charge in [-0.2, -0.15) is 0 Å². The number of rotatable bonds is 4. The lowest BCUT2D eigenvalue weighted by Gasteiger charge is -2.27. The largest absolute Gasteiger partial charge is 0.458 e. The Kier molecular flexibility index (Phi) is 6.43. The molecule has 0 bridgehead atoms. The van der Waals surface area contributed by atoms with Gasteiger partial charge >= 0.3 is 12.1 Å². The van der Waals surface area contributed by atoms with E-state index in [-0.39, 0.29) is 0 Å². The highest BCUT2D eigenvalue weighted by atomic mass is 16.6. The molecule has 0 aliphatic rings. The average Bonchev–Trinajstić information content (AvgIpc) is 2.19. The van der Waals surface area contributed by atoms with Gasteiger partial charge in [-0.15, -0.1) is 0 Å². The molecule has 3 N–H and O–H groups in total. The van der Waals surface area contributed by atoms with Gasteiger partial charge in [0.1, 0.15) is 17.3 Å². The topological polar surface area (TPSA) is 105 Å². The van der Waals surface area contributed by atoms with Crippen molar-refractivity contribution >= 4 is 12.1 Å². The van der Waals surface area contributed by atoms with Gasteiger partial charge in [0.15, 0.2) is 6.04 Å². The summed E-state index contributed by atoms with van der Waals surface area (Å²) in [6.45, 7) is 9.26. The summed E-state index contributed by atoms with van der Waals surface area (Å²) in [5, 5.41) is 20.8. The van der Waals surface area contributed by atoms with Gasteiger partial charge < -0.3 is 25.0 Å². The highest BCUT2D eigenvalue weighted by molar-refractivity contribution is 5.82. The second-order valence-electron chi connectivity index (χ2n) is 6.41. The molecule has 0 saturated heterocycles. The van der Waals surface area contributed by atoms with Crippen molar-refractivity contribution in [2.24, 2.45) is 0 Å². The van der Waals surface area contributed by atoms with E-state index in [1.165, 1.54) is 0 Å². The number of hydrogen-bond acceptors (Lipinski definition) is 6. The molecule has 0 fully saturated rings. The first kappa shape index (κ1) is 18.7. The number of hydrogen-bond donors (Lipinski definition) is 3. The molecule has 0 aromatic carbocycles. The van der Waals surface area contributed by atoms with Crippen LogP contribution in [0.4, 0.5) is 4.79 Å². The lowest BCUT2D eigenvalue weighted by Crippen LogP contribution is -2.53. The molecule has 7 nitrogen and oxygen atoms in total. The molecule has 0 spiro atoms. The van der Waals surface area contributed by atoms with Crippen LogP contribution in [-0.4, -0.2) is 52.2 Å². The summed E-state index contributed by atoms with van der Waals surface area (Å²) in [7, 11) is 0. The number of aliphatic hydroxyl groups excluding tert-OH is 2. The van der Waals surface area contributed by atoms with Gasteiger partial charge in [-0.05, 0) is 41.5 Å². The molecule has 0 heterocycles. The van der Waals surface area contributed by atoms with Gasteiger partial charge in [0.2, 0.25) is 0 Å². The van der Waals surface area contributed by atoms with Crippen molar-refractivity contribution in [3.8, 4) is 0 Å². The van der Waals surface area contributed by atoms with Crippen LogP contribution in [0.3, 0.4) is 0 Å². The summed E-state index contributed by atoms with van der Waals surface area (Å²) in [6, 6.07) is -1.39. The molecule has 2 atom stereocenters. The van der Waals surface area contributed by atoms with Gasteiger partial charge in [-0.3, -0.25) is 0 Å². The van der Waals surface area contributed by atoms with Crippen molar-refractivity contribution in [3.05, 3.63) is 0 Å². The van der Waals surface area contributed by atoms with Crippen molar-refractivity contribution in [2.45, 2.75) is 64.9 Å². The number of carbonyl (C=O) groups is 2. The average molecular weight is 291 g/mol. The number of alkyl carbamates (subject to hydrolysis) is 1. The van der Waals surface area contributed by atoms with Gasteiger partial charge in [-0.25, -0.2) is 9.59 Å². The van der Waals surface area contributed by atoms with Gasteiger partial charge in [0.05, 0.1) is 6.61 Å². The third-order valence-corrected chi connectivity index (χ3v) is 1.90. The number of esters is 1. The minimum Gasteiger partial charge on any atom is -0.458 e. The molecule has 0 aromatic rings. The van der Waals surface area contributed by atoms with E-state index >= 15 is 0 Å². The van der Waals surface area contributed by atoms with Crippen LogP contribution in [-0.2, 0) is 14.3 Å². The van der Waals surface area contributed by atoms with Gasteiger partial charge in [0, 0.05) is 0 Å². The smallest absolute Gasteiger partial charge is 0.408 e. The Morgan fingerprint density at radius 1 is 1.05 bits per heavy atom. The number of ether oxygens (including phenoxy) is 2. The molecule has 118 valence electrons. The fourth-order valence-electron chi connectivity index (χ4n) is 1.22. The highest BCUT2D eigenvalue weighted by Crippen LogP contribution is 2.11. The maximum atomic E-state index is 11.9. The lowest BCUT2D eigenvalue weighted by atomic mass is 10.1. The summed E-state index contributed by atoms with van der Waals surface area (Å²) >= 11 is 0. The summed E-state index contributed by atoms with van der Waals surface area (Å²) in [5.74, 6) is -0.843. The lowest BCUT2D eigenvalue weighted by molar-refractivity contribution is -0.161. The van der Waals surface area contributed by atoms with Gasteiger partial charge in [-0.1, -0.05) is 0 Å². The van der Waals surface area contributed by atoms with Crippen molar-refractivity contribution in [3.63, 3.8) is 0 Å². The van der Waals surface area contributed by atoms with Crippen LogP contribution >= 0.6 is 0 Å². The molecule has 0 aliphatic heterocycles. The first-order valence-electron chi connectivity index (χ1n) is 6.37. The molecule has 7 heteroatoms. The number of amides is 1. The van der Waals surface area contributed by atoms with Crippen molar-refractivity contribution in [1.29, 1.82) is 0 Å². The van der Waals surface area contributed by atoms with Crippen molar-refractivity contribution in [2.75, 3.05) is 6.61 Å². The molecule has 0 aromatic heterocycles. The quantitative estimate of drug-likeness (QED) is 0.654. The maximum absolute atomic E-state index is 11.9. The standard InChI is InChI=1S/C13H25NO6/c1-12(2,3)19-10(17)9(8(16)7-15)14-11(18)20-13(4,5)6/h8-9,15-16H,7H2,1-6H3,(H,14,18)/t8-,9+/m1/s1. The van der Waals surface area contributed by atoms with Gasteiger partial charge in [0.25, 0.3) is 0 Å². The van der Waals surface area contributed by atoms with E-state index in [1.54, 1.807) is 41.5 Å². The van der Waals surface area contributed by atoms with E-state index in [0.717, 1.165) is 0 Å². The van der Waals surface area contributed by atoms with Crippen LogP contribution < -0.4 is 5.32 Å². The summed E-state index contributed by atoms with van der Waals surface area (Å²) < 4.78 is 10.1. The van der Waals surface area contributed by atoms with E-state index in [1.807, 2.05) is 0 Å². The van der Waals surface area contributed by atoms with Crippen LogP contribution in [0, 0.1) is 0 Å². The monoisotopic (exact) mass is 291 g/mol. The molecular weight excluding hydrogens is 266 g/mol. The molecule has 1 amide bonds. The zero-order chi connectivity index (χ0) is 16.1. The first-order chi connectivity index (χ1) is 8.85. The zero-order valence-electron chi connectivity index (χ0n) is 12.9. The molecule has 0 radical (unpaired) electrons. The highest BCUT2D eigenvalue weighted by Gasteiger charge is 2.33. The molecule has 20 heavy (non-hydrogen) atoms. The van der Waals surface area contributed by atoms with Crippen molar-refractivity contribution in [1.82, 2.24) is 5.32 Å². The van der Waals surface area contributed by atoms with Crippen LogP contribution in [0.5, 0.6) is 0 Å². The minimum atomic E-state index is -1.47. The SMILES string of the molecule is CC(C)(C)OC(=O)N[C@H](C(=O)OC(C)(C)C)[C@H](O)CO. The van der Waals surface area contributed by atoms with Crippen LogP contribution in [0.1, 0.15) is 41.5 Å². The molecule has 0 saturated carbocycles. The number of aliphatic hydroxyl groups is 2.